The van der Waals surface area contributed by atoms with Crippen molar-refractivity contribution >= 4 is 23.5 Å². The fourth-order valence-electron chi connectivity index (χ4n) is 4.43. The molecule has 0 unspecified atom stereocenters. The molecule has 1 aromatic rings. The molecular weight excluding hydrogens is 590 g/mol. The number of rotatable bonds is 27. The highest BCUT2D eigenvalue weighted by Crippen LogP contribution is 2.13. The summed E-state index contributed by atoms with van der Waals surface area (Å²) in [5.74, 6) is -0.231. The van der Waals surface area contributed by atoms with E-state index in [1.165, 1.54) is 83.5 Å². The molecule has 0 fully saturated rings. The van der Waals surface area contributed by atoms with E-state index in [0.29, 0.717) is 18.6 Å². The zero-order valence-corrected chi connectivity index (χ0v) is 27.6. The quantitative estimate of drug-likeness (QED) is 0.0500. The first-order valence-corrected chi connectivity index (χ1v) is 16.6. The number of carbonyl (C=O) groups is 2. The molecule has 0 saturated heterocycles. The second kappa shape index (κ2) is 29.1. The Bertz CT molecular complexity index is 729. The highest BCUT2D eigenvalue weighted by atomic mass is 79.9. The number of unbranched alkanes of at least 4 members (excludes halogenated alkanes) is 17. The van der Waals surface area contributed by atoms with Crippen LogP contribution in [0.15, 0.2) is 29.2 Å². The average Bonchev–Trinajstić information content (AvgIpc) is 3.46. The minimum Gasteiger partial charge on any atom is -1.00 e. The molecule has 0 aliphatic heterocycles. The van der Waals surface area contributed by atoms with Crippen LogP contribution >= 0.6 is 11.3 Å². The Hall–Kier alpha value is -1.41. The predicted octanol–water partition coefficient (Wildman–Crippen LogP) is 6.11. The molecule has 0 saturated carbocycles. The van der Waals surface area contributed by atoms with Crippen LogP contribution in [0.3, 0.4) is 0 Å². The molecule has 8 heteroatoms. The van der Waals surface area contributed by atoms with E-state index in [-0.39, 0.29) is 36.2 Å². The SMILES string of the molecule is C=C(COC(=O)CCCCCCC[n+]1ccsc1)COC(=O)OCCCCCCCCCCCCCCCC.[Br-]. The van der Waals surface area contributed by atoms with E-state index < -0.39 is 6.16 Å². The molecule has 6 nitrogen and oxygen atoms in total. The van der Waals surface area contributed by atoms with Gasteiger partial charge in [0.2, 0.25) is 5.51 Å². The maximum absolute atomic E-state index is 11.9. The van der Waals surface area contributed by atoms with Crippen molar-refractivity contribution in [3.8, 4) is 0 Å². The first-order valence-electron chi connectivity index (χ1n) is 15.6. The summed E-state index contributed by atoms with van der Waals surface area (Å²) in [4.78, 5) is 23.6. The summed E-state index contributed by atoms with van der Waals surface area (Å²) in [6, 6.07) is 0. The van der Waals surface area contributed by atoms with Gasteiger partial charge in [-0.1, -0.05) is 121 Å². The van der Waals surface area contributed by atoms with Gasteiger partial charge in [0.25, 0.3) is 0 Å². The molecule has 0 N–H and O–H groups in total. The number of nitrogens with zero attached hydrogens (tertiary/aromatic N) is 1. The van der Waals surface area contributed by atoms with Crippen LogP contribution in [0.1, 0.15) is 135 Å². The molecule has 232 valence electrons. The van der Waals surface area contributed by atoms with Gasteiger partial charge >= 0.3 is 12.1 Å². The molecule has 1 aromatic heterocycles. The highest BCUT2D eigenvalue weighted by molar-refractivity contribution is 7.07. The van der Waals surface area contributed by atoms with Gasteiger partial charge in [0.05, 0.1) is 12.0 Å². The summed E-state index contributed by atoms with van der Waals surface area (Å²) in [6.07, 6.45) is 25.2. The molecule has 0 aromatic carbocycles. The average molecular weight is 647 g/mol. The Balaban J connectivity index is 0.0000152. The first-order chi connectivity index (χ1) is 19.1. The normalized spacial score (nSPS) is 10.6. The fraction of sp³-hybridized carbons (Fsp3) is 0.781. The van der Waals surface area contributed by atoms with Crippen molar-refractivity contribution in [2.24, 2.45) is 0 Å². The standard InChI is InChI=1S/C32H56NO5S.BrH/c1-3-4-5-6-7-8-9-10-11-12-13-14-18-21-25-36-32(35)38-28-30(2)27-37-31(34)22-19-16-15-17-20-23-33-24-26-39-29-33;/h24,26,29H,2-23,25,27-28H2,1H3;1H/q+1;/p-1. The molecular formula is C32H56BrNO5S. The van der Waals surface area contributed by atoms with E-state index in [1.54, 1.807) is 11.3 Å². The molecule has 1 heterocycles. The minimum absolute atomic E-state index is 0. The van der Waals surface area contributed by atoms with Gasteiger partial charge in [0.1, 0.15) is 19.8 Å². The molecule has 0 atom stereocenters. The van der Waals surface area contributed by atoms with Crippen LogP contribution in [0, 0.1) is 0 Å². The summed E-state index contributed by atoms with van der Waals surface area (Å²) in [7, 11) is 0. The maximum atomic E-state index is 11.9. The molecule has 0 bridgehead atoms. The number of ether oxygens (including phenoxy) is 3. The Morgan fingerprint density at radius 3 is 1.80 bits per heavy atom. The lowest BCUT2D eigenvalue weighted by Crippen LogP contribution is -3.00. The van der Waals surface area contributed by atoms with Gasteiger partial charge in [0.15, 0.2) is 6.20 Å². The molecule has 0 aliphatic rings. The first kappa shape index (κ1) is 38.6. The van der Waals surface area contributed by atoms with Crippen molar-refractivity contribution in [1.29, 1.82) is 0 Å². The second-order valence-electron chi connectivity index (χ2n) is 10.7. The van der Waals surface area contributed by atoms with Crippen LogP contribution in [0.5, 0.6) is 0 Å². The summed E-state index contributed by atoms with van der Waals surface area (Å²) < 4.78 is 17.6. The summed E-state index contributed by atoms with van der Waals surface area (Å²) in [6.45, 7) is 7.60. The number of hydrogen-bond donors (Lipinski definition) is 0. The van der Waals surface area contributed by atoms with Crippen LogP contribution in [-0.2, 0) is 25.5 Å². The number of hydrogen-bond acceptors (Lipinski definition) is 6. The van der Waals surface area contributed by atoms with Crippen molar-refractivity contribution in [2.45, 2.75) is 142 Å². The smallest absolute Gasteiger partial charge is 0.508 e. The lowest BCUT2D eigenvalue weighted by atomic mass is 10.0. The van der Waals surface area contributed by atoms with Crippen molar-refractivity contribution in [3.05, 3.63) is 29.2 Å². The van der Waals surface area contributed by atoms with Crippen LogP contribution < -0.4 is 21.5 Å². The van der Waals surface area contributed by atoms with Crippen molar-refractivity contribution < 1.29 is 45.3 Å². The van der Waals surface area contributed by atoms with E-state index in [9.17, 15) is 9.59 Å². The zero-order chi connectivity index (χ0) is 28.2. The van der Waals surface area contributed by atoms with Gasteiger partial charge in [-0.3, -0.25) is 4.79 Å². The molecule has 0 spiro atoms. The van der Waals surface area contributed by atoms with Crippen LogP contribution in [-0.4, -0.2) is 31.9 Å². The maximum Gasteiger partial charge on any atom is 0.508 e. The van der Waals surface area contributed by atoms with Crippen molar-refractivity contribution in [2.75, 3.05) is 19.8 Å². The largest absolute Gasteiger partial charge is 1.00 e. The molecule has 40 heavy (non-hydrogen) atoms. The highest BCUT2D eigenvalue weighted by Gasteiger charge is 2.08. The Morgan fingerprint density at radius 1 is 0.700 bits per heavy atom. The summed E-state index contributed by atoms with van der Waals surface area (Å²) >= 11 is 1.71. The third-order valence-electron chi connectivity index (χ3n) is 6.87. The third kappa shape index (κ3) is 25.6. The second-order valence-corrected chi connectivity index (χ2v) is 11.4. The van der Waals surface area contributed by atoms with Gasteiger partial charge in [0, 0.05) is 12.8 Å². The fourth-order valence-corrected chi connectivity index (χ4v) is 5.06. The van der Waals surface area contributed by atoms with Crippen LogP contribution in [0.2, 0.25) is 0 Å². The topological polar surface area (TPSA) is 65.7 Å². The van der Waals surface area contributed by atoms with Crippen LogP contribution in [0.4, 0.5) is 4.79 Å². The van der Waals surface area contributed by atoms with Crippen molar-refractivity contribution in [1.82, 2.24) is 0 Å². The van der Waals surface area contributed by atoms with E-state index in [2.05, 4.69) is 35.2 Å². The summed E-state index contributed by atoms with van der Waals surface area (Å²) in [5.41, 5.74) is 2.67. The predicted molar refractivity (Wildman–Crippen MR) is 160 cm³/mol. The monoisotopic (exact) mass is 645 g/mol. The van der Waals surface area contributed by atoms with Gasteiger partial charge in [-0.05, 0) is 24.8 Å². The third-order valence-corrected chi connectivity index (χ3v) is 7.54. The number of aryl methyl sites for hydroxylation is 1. The molecule has 0 radical (unpaired) electrons. The van der Waals surface area contributed by atoms with Crippen LogP contribution in [0.25, 0.3) is 0 Å². The molecule has 1 rings (SSSR count). The summed E-state index contributed by atoms with van der Waals surface area (Å²) in [5, 5.41) is 2.08. The van der Waals surface area contributed by atoms with Crippen molar-refractivity contribution in [3.63, 3.8) is 0 Å². The van der Waals surface area contributed by atoms with E-state index in [1.807, 2.05) is 0 Å². The lowest BCUT2D eigenvalue weighted by Gasteiger charge is -2.09. The van der Waals surface area contributed by atoms with Gasteiger partial charge < -0.3 is 31.2 Å². The van der Waals surface area contributed by atoms with Gasteiger partial charge in [-0.15, -0.1) is 0 Å². The number of carbonyl (C=O) groups excluding carboxylic acids is 2. The number of esters is 1. The Morgan fingerprint density at radius 2 is 1.23 bits per heavy atom. The van der Waals surface area contributed by atoms with Gasteiger partial charge in [-0.2, -0.15) is 4.57 Å². The van der Waals surface area contributed by atoms with E-state index in [4.69, 9.17) is 14.2 Å². The molecule has 0 amide bonds. The minimum atomic E-state index is -0.686. The zero-order valence-electron chi connectivity index (χ0n) is 25.2. The Labute approximate surface area is 259 Å². The van der Waals surface area contributed by atoms with E-state index >= 15 is 0 Å². The Kier molecular flexibility index (Phi) is 28.1. The van der Waals surface area contributed by atoms with Gasteiger partial charge in [-0.25, -0.2) is 4.79 Å². The number of aromatic nitrogens is 1. The molecule has 0 aliphatic carbocycles. The lowest BCUT2D eigenvalue weighted by molar-refractivity contribution is -0.692. The number of thiazole rings is 1. The number of halogens is 1. The van der Waals surface area contributed by atoms with E-state index in [0.717, 1.165) is 45.1 Å².